The summed E-state index contributed by atoms with van der Waals surface area (Å²) in [6.45, 7) is 2.56. The predicted octanol–water partition coefficient (Wildman–Crippen LogP) is 4.79. The molecule has 1 heterocycles. The molecule has 0 aromatic heterocycles. The smallest absolute Gasteiger partial charge is 0.293 e. The molecule has 1 saturated heterocycles. The number of aromatic hydroxyl groups is 1. The minimum Gasteiger partial charge on any atom is -0.507 e. The van der Waals surface area contributed by atoms with Gasteiger partial charge in [-0.3, -0.25) is 14.5 Å². The van der Waals surface area contributed by atoms with Crippen LogP contribution in [-0.4, -0.2) is 27.8 Å². The van der Waals surface area contributed by atoms with E-state index >= 15 is 0 Å². The molecule has 1 aliphatic rings. The number of benzene rings is 2. The van der Waals surface area contributed by atoms with Crippen LogP contribution in [0.5, 0.6) is 11.5 Å². The molecule has 7 heteroatoms. The highest BCUT2D eigenvalue weighted by Crippen LogP contribution is 2.35. The topological polar surface area (TPSA) is 66.8 Å². The maximum atomic E-state index is 12.6. The van der Waals surface area contributed by atoms with E-state index in [4.69, 9.17) is 4.74 Å². The van der Waals surface area contributed by atoms with Crippen LogP contribution < -0.4 is 4.74 Å². The van der Waals surface area contributed by atoms with Crippen molar-refractivity contribution in [1.29, 1.82) is 0 Å². The number of rotatable bonds is 5. The van der Waals surface area contributed by atoms with Gasteiger partial charge in [0.05, 0.1) is 18.1 Å². The van der Waals surface area contributed by atoms with Crippen molar-refractivity contribution >= 4 is 44.9 Å². The molecule has 26 heavy (non-hydrogen) atoms. The van der Waals surface area contributed by atoms with Crippen molar-refractivity contribution < 1.29 is 19.4 Å². The maximum Gasteiger partial charge on any atom is 0.293 e. The minimum atomic E-state index is -0.371. The van der Waals surface area contributed by atoms with Gasteiger partial charge in [0, 0.05) is 10.0 Å². The van der Waals surface area contributed by atoms with Gasteiger partial charge >= 0.3 is 0 Å². The van der Waals surface area contributed by atoms with Gasteiger partial charge < -0.3 is 9.84 Å². The zero-order chi connectivity index (χ0) is 18.7. The number of amides is 2. The first-order chi connectivity index (χ1) is 12.5. The quantitative estimate of drug-likeness (QED) is 0.686. The molecule has 2 aromatic rings. The molecule has 0 spiro atoms. The number of nitrogens with zero attached hydrogens (tertiary/aromatic N) is 1. The van der Waals surface area contributed by atoms with Crippen molar-refractivity contribution in [1.82, 2.24) is 4.90 Å². The fourth-order valence-electron chi connectivity index (χ4n) is 2.45. The van der Waals surface area contributed by atoms with Gasteiger partial charge in [-0.15, -0.1) is 0 Å². The van der Waals surface area contributed by atoms with Gasteiger partial charge in [0.25, 0.3) is 11.1 Å². The Kier molecular flexibility index (Phi) is 5.68. The molecule has 3 rings (SSSR count). The first kappa shape index (κ1) is 18.5. The van der Waals surface area contributed by atoms with Crippen LogP contribution in [0.4, 0.5) is 4.79 Å². The molecular formula is C19H16BrNO4S. The molecular weight excluding hydrogens is 418 g/mol. The molecule has 0 aliphatic carbocycles. The fraction of sp³-hybridized carbons (Fsp3) is 0.158. The highest BCUT2D eigenvalue weighted by molar-refractivity contribution is 9.10. The van der Waals surface area contributed by atoms with Crippen LogP contribution in [0.1, 0.15) is 18.1 Å². The van der Waals surface area contributed by atoms with Crippen LogP contribution in [0.25, 0.3) is 6.08 Å². The summed E-state index contributed by atoms with van der Waals surface area (Å²) in [5, 5.41) is 9.69. The summed E-state index contributed by atoms with van der Waals surface area (Å²) in [6.07, 6.45) is 1.52. The summed E-state index contributed by atoms with van der Waals surface area (Å²) in [5.41, 5.74) is 1.29. The van der Waals surface area contributed by atoms with E-state index in [9.17, 15) is 14.7 Å². The molecule has 0 saturated carbocycles. The number of halogens is 1. The third-order valence-electron chi connectivity index (χ3n) is 3.72. The summed E-state index contributed by atoms with van der Waals surface area (Å²) in [5.74, 6) is 0.239. The van der Waals surface area contributed by atoms with Gasteiger partial charge in [-0.25, -0.2) is 0 Å². The van der Waals surface area contributed by atoms with Crippen molar-refractivity contribution in [3.8, 4) is 11.5 Å². The number of imide groups is 1. The van der Waals surface area contributed by atoms with Crippen molar-refractivity contribution in [3.05, 3.63) is 63.0 Å². The molecule has 2 aromatic carbocycles. The summed E-state index contributed by atoms with van der Waals surface area (Å²) in [6, 6.07) is 12.2. The van der Waals surface area contributed by atoms with E-state index in [1.807, 2.05) is 31.2 Å². The standard InChI is InChI=1S/C19H16BrNO4S/c1-2-25-15-7-8-16(22)13(9-15)10-17-18(23)21(19(24)26-17)11-12-3-5-14(20)6-4-12/h3-10,22H,2,11H2,1H3/b17-10-. The lowest BCUT2D eigenvalue weighted by atomic mass is 10.1. The molecule has 1 aliphatic heterocycles. The number of carbonyl (C=O) groups is 2. The molecule has 1 fully saturated rings. The molecule has 5 nitrogen and oxygen atoms in total. The van der Waals surface area contributed by atoms with Gasteiger partial charge in [0.15, 0.2) is 0 Å². The lowest BCUT2D eigenvalue weighted by Gasteiger charge is -2.12. The largest absolute Gasteiger partial charge is 0.507 e. The normalized spacial score (nSPS) is 15.8. The Balaban J connectivity index is 1.83. The average molecular weight is 434 g/mol. The second-order valence-electron chi connectivity index (χ2n) is 5.55. The van der Waals surface area contributed by atoms with E-state index in [2.05, 4.69) is 15.9 Å². The fourth-order valence-corrected chi connectivity index (χ4v) is 3.55. The molecule has 134 valence electrons. The van der Waals surface area contributed by atoms with Crippen molar-refractivity contribution in [2.24, 2.45) is 0 Å². The van der Waals surface area contributed by atoms with E-state index in [0.29, 0.717) is 17.9 Å². The molecule has 0 bridgehead atoms. The molecule has 0 atom stereocenters. The Bertz CT molecular complexity index is 880. The Morgan fingerprint density at radius 2 is 1.92 bits per heavy atom. The number of ether oxygens (including phenoxy) is 1. The van der Waals surface area contributed by atoms with Crippen LogP contribution in [0, 0.1) is 0 Å². The van der Waals surface area contributed by atoms with Crippen LogP contribution in [0.15, 0.2) is 51.8 Å². The highest BCUT2D eigenvalue weighted by Gasteiger charge is 2.35. The SMILES string of the molecule is CCOc1ccc(O)c(/C=C2\SC(=O)N(Cc3ccc(Br)cc3)C2=O)c1. The first-order valence-corrected chi connectivity index (χ1v) is 9.54. The monoisotopic (exact) mass is 433 g/mol. The van der Waals surface area contributed by atoms with Crippen molar-refractivity contribution in [2.45, 2.75) is 13.5 Å². The Morgan fingerprint density at radius 1 is 1.19 bits per heavy atom. The highest BCUT2D eigenvalue weighted by atomic mass is 79.9. The van der Waals surface area contributed by atoms with Crippen molar-refractivity contribution in [3.63, 3.8) is 0 Å². The van der Waals surface area contributed by atoms with E-state index in [-0.39, 0.29) is 28.3 Å². The molecule has 2 amide bonds. The number of carbonyl (C=O) groups excluding carboxylic acids is 2. The van der Waals surface area contributed by atoms with E-state index in [1.165, 1.54) is 17.0 Å². The third-order valence-corrected chi connectivity index (χ3v) is 5.16. The minimum absolute atomic E-state index is 0.0214. The lowest BCUT2D eigenvalue weighted by Crippen LogP contribution is -2.27. The number of thioether (sulfide) groups is 1. The lowest BCUT2D eigenvalue weighted by molar-refractivity contribution is -0.123. The second kappa shape index (κ2) is 7.97. The first-order valence-electron chi connectivity index (χ1n) is 7.93. The Morgan fingerprint density at radius 3 is 2.62 bits per heavy atom. The summed E-state index contributed by atoms with van der Waals surface area (Å²) >= 11 is 4.22. The van der Waals surface area contributed by atoms with Crippen LogP contribution >= 0.6 is 27.7 Å². The zero-order valence-corrected chi connectivity index (χ0v) is 16.3. The van der Waals surface area contributed by atoms with Crippen LogP contribution in [-0.2, 0) is 11.3 Å². The molecule has 0 radical (unpaired) electrons. The van der Waals surface area contributed by atoms with Crippen molar-refractivity contribution in [2.75, 3.05) is 6.61 Å². The van der Waals surface area contributed by atoms with E-state index in [1.54, 1.807) is 12.1 Å². The summed E-state index contributed by atoms with van der Waals surface area (Å²) in [4.78, 5) is 26.3. The summed E-state index contributed by atoms with van der Waals surface area (Å²) in [7, 11) is 0. The number of phenolic OH excluding ortho intramolecular Hbond substituents is 1. The third kappa shape index (κ3) is 4.11. The van der Waals surface area contributed by atoms with Gasteiger partial charge in [0.2, 0.25) is 0 Å². The number of hydrogen-bond donors (Lipinski definition) is 1. The van der Waals surface area contributed by atoms with E-state index in [0.717, 1.165) is 21.8 Å². The number of hydrogen-bond acceptors (Lipinski definition) is 5. The van der Waals surface area contributed by atoms with Gasteiger partial charge in [0.1, 0.15) is 11.5 Å². The van der Waals surface area contributed by atoms with Gasteiger partial charge in [-0.1, -0.05) is 28.1 Å². The number of phenols is 1. The van der Waals surface area contributed by atoms with Crippen LogP contribution in [0.2, 0.25) is 0 Å². The van der Waals surface area contributed by atoms with Crippen LogP contribution in [0.3, 0.4) is 0 Å². The van der Waals surface area contributed by atoms with Gasteiger partial charge in [-0.05, 0) is 60.7 Å². The van der Waals surface area contributed by atoms with E-state index < -0.39 is 0 Å². The summed E-state index contributed by atoms with van der Waals surface area (Å²) < 4.78 is 6.34. The molecule has 0 unspecified atom stereocenters. The Hall–Kier alpha value is -2.25. The van der Waals surface area contributed by atoms with Gasteiger partial charge in [-0.2, -0.15) is 0 Å². The zero-order valence-electron chi connectivity index (χ0n) is 13.9. The second-order valence-corrected chi connectivity index (χ2v) is 7.46. The molecule has 1 N–H and O–H groups in total. The average Bonchev–Trinajstić information content (AvgIpc) is 2.87. The maximum absolute atomic E-state index is 12.6. The Labute approximate surface area is 163 Å². The predicted molar refractivity (Wildman–Crippen MR) is 105 cm³/mol.